The van der Waals surface area contributed by atoms with Gasteiger partial charge in [-0.25, -0.2) is 4.98 Å². The lowest BCUT2D eigenvalue weighted by Gasteiger charge is -2.16. The molecule has 1 aromatic heterocycles. The lowest BCUT2D eigenvalue weighted by Crippen LogP contribution is -2.21. The number of anilines is 1. The topological polar surface area (TPSA) is 48.7 Å². The van der Waals surface area contributed by atoms with Crippen molar-refractivity contribution in [2.75, 3.05) is 18.0 Å². The van der Waals surface area contributed by atoms with Crippen LogP contribution in [0.3, 0.4) is 0 Å². The Kier molecular flexibility index (Phi) is 3.70. The zero-order valence-corrected chi connectivity index (χ0v) is 8.58. The highest BCUT2D eigenvalue weighted by Crippen LogP contribution is 2.20. The average molecular weight is 199 g/mol. The van der Waals surface area contributed by atoms with Crippen molar-refractivity contribution in [3.05, 3.63) is 11.1 Å². The summed E-state index contributed by atoms with van der Waals surface area (Å²) in [5, 5.41) is 12.2. The number of oxime groups is 1. The molecular formula is C8H13N3OS. The predicted octanol–water partition coefficient (Wildman–Crippen LogP) is 1.80. The number of hydrogen-bond donors (Lipinski definition) is 1. The third-order valence-corrected chi connectivity index (χ3v) is 2.72. The monoisotopic (exact) mass is 199 g/mol. The molecule has 5 heteroatoms. The van der Waals surface area contributed by atoms with Crippen LogP contribution in [0.5, 0.6) is 0 Å². The van der Waals surface area contributed by atoms with Gasteiger partial charge < -0.3 is 10.1 Å². The van der Waals surface area contributed by atoms with Crippen LogP contribution in [0.15, 0.2) is 11.4 Å². The van der Waals surface area contributed by atoms with E-state index in [1.165, 1.54) is 17.6 Å². The quantitative estimate of drug-likeness (QED) is 0.457. The van der Waals surface area contributed by atoms with Crippen molar-refractivity contribution < 1.29 is 5.21 Å². The molecule has 0 amide bonds. The van der Waals surface area contributed by atoms with Gasteiger partial charge in [-0.15, -0.1) is 0 Å². The van der Waals surface area contributed by atoms with Gasteiger partial charge in [-0.1, -0.05) is 16.5 Å². The molecule has 0 fully saturated rings. The summed E-state index contributed by atoms with van der Waals surface area (Å²) in [6.07, 6.45) is 3.10. The molecule has 72 valence electrons. The first-order valence-electron chi connectivity index (χ1n) is 4.20. The maximum absolute atomic E-state index is 8.32. The molecule has 13 heavy (non-hydrogen) atoms. The largest absolute Gasteiger partial charge is 0.411 e. The summed E-state index contributed by atoms with van der Waals surface area (Å²) in [6.45, 7) is 6.06. The molecule has 0 spiro atoms. The Morgan fingerprint density at radius 2 is 2.31 bits per heavy atom. The van der Waals surface area contributed by atoms with Crippen molar-refractivity contribution in [1.29, 1.82) is 0 Å². The molecule has 0 aliphatic rings. The molecule has 0 unspecified atom stereocenters. The second-order valence-corrected chi connectivity index (χ2v) is 3.50. The molecule has 1 N–H and O–H groups in total. The summed E-state index contributed by atoms with van der Waals surface area (Å²) in [5.41, 5.74) is 0. The van der Waals surface area contributed by atoms with E-state index in [0.717, 1.165) is 23.1 Å². The SMILES string of the molecule is CCN(CC)c1ncc(C=NO)s1. The second-order valence-electron chi connectivity index (χ2n) is 2.46. The van der Waals surface area contributed by atoms with Gasteiger partial charge in [-0.05, 0) is 13.8 Å². The molecule has 1 aromatic rings. The minimum absolute atomic E-state index is 0.865. The van der Waals surface area contributed by atoms with Crippen molar-refractivity contribution in [2.45, 2.75) is 13.8 Å². The van der Waals surface area contributed by atoms with Crippen LogP contribution in [0, 0.1) is 0 Å². The van der Waals surface area contributed by atoms with Crippen LogP contribution in [0.25, 0.3) is 0 Å². The van der Waals surface area contributed by atoms with E-state index in [2.05, 4.69) is 28.9 Å². The third kappa shape index (κ3) is 2.42. The van der Waals surface area contributed by atoms with Gasteiger partial charge in [0.25, 0.3) is 0 Å². The second kappa shape index (κ2) is 4.81. The highest BCUT2D eigenvalue weighted by Gasteiger charge is 2.05. The predicted molar refractivity (Wildman–Crippen MR) is 55.1 cm³/mol. The number of rotatable bonds is 4. The molecule has 0 bridgehead atoms. The average Bonchev–Trinajstić information content (AvgIpc) is 2.56. The van der Waals surface area contributed by atoms with Gasteiger partial charge in [0.1, 0.15) is 0 Å². The summed E-state index contributed by atoms with van der Waals surface area (Å²) < 4.78 is 0. The van der Waals surface area contributed by atoms with Gasteiger partial charge in [0.2, 0.25) is 0 Å². The van der Waals surface area contributed by atoms with Gasteiger partial charge in [-0.3, -0.25) is 0 Å². The number of aromatic nitrogens is 1. The molecule has 0 saturated heterocycles. The van der Waals surface area contributed by atoms with E-state index in [1.807, 2.05) is 0 Å². The van der Waals surface area contributed by atoms with E-state index in [-0.39, 0.29) is 0 Å². The summed E-state index contributed by atoms with van der Waals surface area (Å²) in [7, 11) is 0. The number of hydrogen-bond acceptors (Lipinski definition) is 5. The number of nitrogens with zero attached hydrogens (tertiary/aromatic N) is 3. The van der Waals surface area contributed by atoms with Crippen molar-refractivity contribution in [3.8, 4) is 0 Å². The molecule has 0 aliphatic heterocycles. The van der Waals surface area contributed by atoms with Gasteiger partial charge in [0.15, 0.2) is 5.13 Å². The van der Waals surface area contributed by atoms with E-state index in [1.54, 1.807) is 6.20 Å². The van der Waals surface area contributed by atoms with Crippen molar-refractivity contribution >= 4 is 22.7 Å². The summed E-state index contributed by atoms with van der Waals surface area (Å²) in [4.78, 5) is 7.24. The highest BCUT2D eigenvalue weighted by molar-refractivity contribution is 7.17. The van der Waals surface area contributed by atoms with E-state index >= 15 is 0 Å². The molecule has 0 atom stereocenters. The maximum atomic E-state index is 8.32. The van der Waals surface area contributed by atoms with Crippen molar-refractivity contribution in [3.63, 3.8) is 0 Å². The smallest absolute Gasteiger partial charge is 0.185 e. The van der Waals surface area contributed by atoms with E-state index in [9.17, 15) is 0 Å². The molecule has 0 aromatic carbocycles. The van der Waals surface area contributed by atoms with Gasteiger partial charge in [0.05, 0.1) is 11.1 Å². The molecule has 0 radical (unpaired) electrons. The summed E-state index contributed by atoms with van der Waals surface area (Å²) in [5.74, 6) is 0. The van der Waals surface area contributed by atoms with Crippen LogP contribution in [-0.2, 0) is 0 Å². The van der Waals surface area contributed by atoms with Gasteiger partial charge >= 0.3 is 0 Å². The first-order valence-corrected chi connectivity index (χ1v) is 5.01. The zero-order chi connectivity index (χ0) is 9.68. The standard InChI is InChI=1S/C8H13N3OS/c1-3-11(4-2)8-9-5-7(13-8)6-10-12/h5-6,12H,3-4H2,1-2H3. The fourth-order valence-corrected chi connectivity index (χ4v) is 1.94. The normalized spacial score (nSPS) is 10.9. The Hall–Kier alpha value is -1.10. The minimum atomic E-state index is 0.865. The molecule has 4 nitrogen and oxygen atoms in total. The Balaban J connectivity index is 2.77. The Morgan fingerprint density at radius 3 is 2.85 bits per heavy atom. The Bertz CT molecular complexity index is 281. The van der Waals surface area contributed by atoms with E-state index < -0.39 is 0 Å². The lowest BCUT2D eigenvalue weighted by molar-refractivity contribution is 0.322. The minimum Gasteiger partial charge on any atom is -0.411 e. The van der Waals surface area contributed by atoms with Crippen LogP contribution < -0.4 is 4.90 Å². The zero-order valence-electron chi connectivity index (χ0n) is 7.77. The summed E-state index contributed by atoms with van der Waals surface area (Å²) in [6, 6.07) is 0. The van der Waals surface area contributed by atoms with Crippen LogP contribution in [-0.4, -0.2) is 29.5 Å². The maximum Gasteiger partial charge on any atom is 0.185 e. The fourth-order valence-electron chi connectivity index (χ4n) is 1.03. The van der Waals surface area contributed by atoms with Crippen LogP contribution >= 0.6 is 11.3 Å². The van der Waals surface area contributed by atoms with Gasteiger partial charge in [0, 0.05) is 19.3 Å². The molecular weight excluding hydrogens is 186 g/mol. The Labute approximate surface area is 81.5 Å². The third-order valence-electron chi connectivity index (χ3n) is 1.73. The van der Waals surface area contributed by atoms with Gasteiger partial charge in [-0.2, -0.15) is 0 Å². The first-order chi connectivity index (χ1) is 6.31. The fraction of sp³-hybridized carbons (Fsp3) is 0.500. The lowest BCUT2D eigenvalue weighted by atomic mass is 10.6. The number of thiazole rings is 1. The van der Waals surface area contributed by atoms with Crippen LogP contribution in [0.4, 0.5) is 5.13 Å². The van der Waals surface area contributed by atoms with Crippen molar-refractivity contribution in [1.82, 2.24) is 4.98 Å². The van der Waals surface area contributed by atoms with Crippen LogP contribution in [0.2, 0.25) is 0 Å². The first kappa shape index (κ1) is 9.98. The molecule has 0 aliphatic carbocycles. The highest BCUT2D eigenvalue weighted by atomic mass is 32.1. The van der Waals surface area contributed by atoms with E-state index in [4.69, 9.17) is 5.21 Å². The van der Waals surface area contributed by atoms with Crippen LogP contribution in [0.1, 0.15) is 18.7 Å². The molecule has 1 rings (SSSR count). The van der Waals surface area contributed by atoms with E-state index in [0.29, 0.717) is 0 Å². The molecule has 1 heterocycles. The molecule has 0 saturated carbocycles. The Morgan fingerprint density at radius 1 is 1.62 bits per heavy atom. The van der Waals surface area contributed by atoms with Crippen molar-refractivity contribution in [2.24, 2.45) is 5.16 Å². The summed E-state index contributed by atoms with van der Waals surface area (Å²) >= 11 is 1.52.